The van der Waals surface area contributed by atoms with Crippen LogP contribution in [0, 0.1) is 0 Å². The van der Waals surface area contributed by atoms with Crippen LogP contribution in [0.25, 0.3) is 0 Å². The van der Waals surface area contributed by atoms with E-state index in [2.05, 4.69) is 5.32 Å². The highest BCUT2D eigenvalue weighted by Crippen LogP contribution is 2.29. The molecule has 2 aromatic rings. The summed E-state index contributed by atoms with van der Waals surface area (Å²) in [6.07, 6.45) is 1.02. The number of halogens is 1. The van der Waals surface area contributed by atoms with Crippen molar-refractivity contribution >= 4 is 39.1 Å². The van der Waals surface area contributed by atoms with E-state index in [0.717, 1.165) is 16.1 Å². The van der Waals surface area contributed by atoms with Crippen LogP contribution >= 0.6 is 11.6 Å². The number of carbonyl (C=O) groups excluding carboxylic acids is 2. The first-order valence-electron chi connectivity index (χ1n) is 10.7. The first kappa shape index (κ1) is 27.5. The lowest BCUT2D eigenvalue weighted by molar-refractivity contribution is -0.140. The highest BCUT2D eigenvalue weighted by atomic mass is 35.5. The lowest BCUT2D eigenvalue weighted by atomic mass is 10.1. The monoisotopic (exact) mass is 509 g/mol. The second-order valence-electron chi connectivity index (χ2n) is 9.00. The minimum atomic E-state index is -3.84. The minimum absolute atomic E-state index is 0.0955. The van der Waals surface area contributed by atoms with Crippen molar-refractivity contribution in [2.24, 2.45) is 0 Å². The van der Waals surface area contributed by atoms with Gasteiger partial charge in [-0.15, -0.1) is 0 Å². The largest absolute Gasteiger partial charge is 0.495 e. The fraction of sp³-hybridized carbons (Fsp3) is 0.417. The molecule has 0 aliphatic rings. The molecule has 0 saturated carbocycles. The second kappa shape index (κ2) is 11.1. The van der Waals surface area contributed by atoms with E-state index in [4.69, 9.17) is 16.3 Å². The van der Waals surface area contributed by atoms with Gasteiger partial charge in [-0.05, 0) is 57.5 Å². The molecular weight excluding hydrogens is 478 g/mol. The molecular formula is C24H32ClN3O5S. The van der Waals surface area contributed by atoms with E-state index < -0.39 is 34.1 Å². The second-order valence-corrected chi connectivity index (χ2v) is 11.3. The van der Waals surface area contributed by atoms with Crippen molar-refractivity contribution in [3.63, 3.8) is 0 Å². The van der Waals surface area contributed by atoms with Crippen LogP contribution in [0.4, 0.5) is 5.69 Å². The van der Waals surface area contributed by atoms with E-state index in [1.807, 2.05) is 20.8 Å². The highest BCUT2D eigenvalue weighted by Gasteiger charge is 2.32. The number of anilines is 1. The molecule has 0 aromatic heterocycles. The first-order valence-corrected chi connectivity index (χ1v) is 12.9. The van der Waals surface area contributed by atoms with Gasteiger partial charge in [0.1, 0.15) is 18.3 Å². The third-order valence-electron chi connectivity index (χ3n) is 4.96. The van der Waals surface area contributed by atoms with Crippen molar-refractivity contribution in [2.45, 2.75) is 45.8 Å². The first-order chi connectivity index (χ1) is 15.7. The van der Waals surface area contributed by atoms with Crippen LogP contribution in [0.3, 0.4) is 0 Å². The Morgan fingerprint density at radius 1 is 1.09 bits per heavy atom. The predicted molar refractivity (Wildman–Crippen MR) is 135 cm³/mol. The van der Waals surface area contributed by atoms with Crippen molar-refractivity contribution in [3.05, 3.63) is 59.1 Å². The van der Waals surface area contributed by atoms with Gasteiger partial charge in [-0.1, -0.05) is 35.9 Å². The molecule has 186 valence electrons. The third kappa shape index (κ3) is 7.63. The Morgan fingerprint density at radius 2 is 1.68 bits per heavy atom. The number of hydrogen-bond donors (Lipinski definition) is 1. The molecule has 0 spiro atoms. The highest BCUT2D eigenvalue weighted by molar-refractivity contribution is 7.92. The number of rotatable bonds is 9. The summed E-state index contributed by atoms with van der Waals surface area (Å²) < 4.78 is 31.6. The quantitative estimate of drug-likeness (QED) is 0.558. The Morgan fingerprint density at radius 3 is 2.21 bits per heavy atom. The SMILES string of the molecule is COc1ccccc1N(CC(=O)N(Cc1ccc(Cl)cc1)[C@@H](C)C(=O)NC(C)(C)C)S(C)(=O)=O. The molecule has 10 heteroatoms. The summed E-state index contributed by atoms with van der Waals surface area (Å²) in [6, 6.07) is 12.6. The van der Waals surface area contributed by atoms with E-state index in [0.29, 0.717) is 10.8 Å². The molecule has 2 amide bonds. The number of methoxy groups -OCH3 is 1. The lowest BCUT2D eigenvalue weighted by Gasteiger charge is -2.33. The van der Waals surface area contributed by atoms with E-state index in [1.165, 1.54) is 12.0 Å². The molecule has 0 saturated heterocycles. The predicted octanol–water partition coefficient (Wildman–Crippen LogP) is 3.45. The van der Waals surface area contributed by atoms with Crippen molar-refractivity contribution in [2.75, 3.05) is 24.2 Å². The van der Waals surface area contributed by atoms with Gasteiger partial charge in [0, 0.05) is 17.1 Å². The molecule has 0 aliphatic carbocycles. The number of nitrogens with zero attached hydrogens (tertiary/aromatic N) is 2. The molecule has 0 radical (unpaired) electrons. The van der Waals surface area contributed by atoms with Gasteiger partial charge in [0.25, 0.3) is 0 Å². The van der Waals surface area contributed by atoms with Crippen LogP contribution in [0.1, 0.15) is 33.3 Å². The van der Waals surface area contributed by atoms with Crippen LogP contribution in [-0.4, -0.2) is 56.6 Å². The van der Waals surface area contributed by atoms with Gasteiger partial charge in [0.15, 0.2) is 0 Å². The van der Waals surface area contributed by atoms with Crippen LogP contribution in [-0.2, 0) is 26.2 Å². The summed E-state index contributed by atoms with van der Waals surface area (Å²) in [7, 11) is -2.42. The van der Waals surface area contributed by atoms with Gasteiger partial charge in [-0.25, -0.2) is 8.42 Å². The maximum absolute atomic E-state index is 13.5. The minimum Gasteiger partial charge on any atom is -0.495 e. The molecule has 0 aliphatic heterocycles. The molecule has 0 bridgehead atoms. The van der Waals surface area contributed by atoms with E-state index in [-0.39, 0.29) is 18.1 Å². The van der Waals surface area contributed by atoms with Gasteiger partial charge in [-0.3, -0.25) is 13.9 Å². The Kier molecular flexibility index (Phi) is 8.96. The molecule has 34 heavy (non-hydrogen) atoms. The zero-order valence-corrected chi connectivity index (χ0v) is 21.9. The fourth-order valence-corrected chi connectivity index (χ4v) is 4.25. The van der Waals surface area contributed by atoms with Crippen molar-refractivity contribution < 1.29 is 22.7 Å². The van der Waals surface area contributed by atoms with Crippen molar-refractivity contribution in [3.8, 4) is 5.75 Å². The molecule has 2 aromatic carbocycles. The maximum Gasteiger partial charge on any atom is 0.244 e. The molecule has 0 heterocycles. The summed E-state index contributed by atoms with van der Waals surface area (Å²) in [6.45, 7) is 6.74. The summed E-state index contributed by atoms with van der Waals surface area (Å²) >= 11 is 5.98. The number of benzene rings is 2. The Labute approximate surface area is 206 Å². The zero-order valence-electron chi connectivity index (χ0n) is 20.3. The van der Waals surface area contributed by atoms with Gasteiger partial charge < -0.3 is 15.0 Å². The lowest BCUT2D eigenvalue weighted by Crippen LogP contribution is -2.54. The van der Waals surface area contributed by atoms with Gasteiger partial charge >= 0.3 is 0 Å². The molecule has 0 fully saturated rings. The van der Waals surface area contributed by atoms with E-state index in [9.17, 15) is 18.0 Å². The van der Waals surface area contributed by atoms with Crippen LogP contribution < -0.4 is 14.4 Å². The summed E-state index contributed by atoms with van der Waals surface area (Å²) in [5.74, 6) is -0.579. The number of para-hydroxylation sites is 2. The number of hydrogen-bond acceptors (Lipinski definition) is 5. The summed E-state index contributed by atoms with van der Waals surface area (Å²) in [4.78, 5) is 27.8. The Hall–Kier alpha value is -2.78. The smallest absolute Gasteiger partial charge is 0.244 e. The van der Waals surface area contributed by atoms with Crippen LogP contribution in [0.5, 0.6) is 5.75 Å². The average Bonchev–Trinajstić information content (AvgIpc) is 2.74. The Bertz CT molecular complexity index is 1110. The molecule has 2 rings (SSSR count). The number of sulfonamides is 1. The van der Waals surface area contributed by atoms with E-state index >= 15 is 0 Å². The van der Waals surface area contributed by atoms with Gasteiger partial charge in [0.05, 0.1) is 19.1 Å². The summed E-state index contributed by atoms with van der Waals surface area (Å²) in [5.41, 5.74) is 0.478. The Balaban J connectivity index is 2.43. The molecule has 1 N–H and O–H groups in total. The van der Waals surface area contributed by atoms with Crippen molar-refractivity contribution in [1.82, 2.24) is 10.2 Å². The molecule has 1 atom stereocenters. The van der Waals surface area contributed by atoms with Gasteiger partial charge in [-0.2, -0.15) is 0 Å². The maximum atomic E-state index is 13.5. The third-order valence-corrected chi connectivity index (χ3v) is 6.34. The van der Waals surface area contributed by atoms with E-state index in [1.54, 1.807) is 55.5 Å². The topological polar surface area (TPSA) is 96.0 Å². The average molecular weight is 510 g/mol. The zero-order chi connectivity index (χ0) is 25.7. The normalized spacial score (nSPS) is 12.6. The van der Waals surface area contributed by atoms with Crippen LogP contribution in [0.2, 0.25) is 5.02 Å². The van der Waals surface area contributed by atoms with Crippen LogP contribution in [0.15, 0.2) is 48.5 Å². The fourth-order valence-electron chi connectivity index (χ4n) is 3.27. The number of ether oxygens (including phenoxy) is 1. The van der Waals surface area contributed by atoms with Gasteiger partial charge in [0.2, 0.25) is 21.8 Å². The number of nitrogens with one attached hydrogen (secondary N) is 1. The standard InChI is InChI=1S/C24H32ClN3O5S/c1-17(23(30)26-24(2,3)4)27(15-18-11-13-19(25)14-12-18)22(29)16-28(34(6,31)32)20-9-7-8-10-21(20)33-5/h7-14,17H,15-16H2,1-6H3,(H,26,30)/t17-/m0/s1. The molecule has 8 nitrogen and oxygen atoms in total. The van der Waals surface area contributed by atoms with Crippen molar-refractivity contribution in [1.29, 1.82) is 0 Å². The number of carbonyl (C=O) groups is 2. The molecule has 0 unspecified atom stereocenters. The number of amides is 2. The summed E-state index contributed by atoms with van der Waals surface area (Å²) in [5, 5.41) is 3.42.